The van der Waals surface area contributed by atoms with Crippen LogP contribution in [0.1, 0.15) is 10.4 Å². The maximum atomic E-state index is 12.7. The van der Waals surface area contributed by atoms with Gasteiger partial charge in [0.25, 0.3) is 0 Å². The zero-order chi connectivity index (χ0) is 15.4. The summed E-state index contributed by atoms with van der Waals surface area (Å²) in [6.45, 7) is -0.169. The molecule has 6 nitrogen and oxygen atoms in total. The van der Waals surface area contributed by atoms with Crippen LogP contribution in [0.3, 0.4) is 0 Å². The first-order valence-corrected chi connectivity index (χ1v) is 5.94. The van der Waals surface area contributed by atoms with E-state index in [4.69, 9.17) is 5.11 Å². The SMILES string of the molecule is O=C(Cn1ccc(=O)c(C(=O)O)c1)Nc1ccc(F)cc1. The molecule has 0 unspecified atom stereocenters. The minimum absolute atomic E-state index is 0.169. The fourth-order valence-corrected chi connectivity index (χ4v) is 1.68. The third-order valence-corrected chi connectivity index (χ3v) is 2.66. The molecule has 0 radical (unpaired) electrons. The van der Waals surface area contributed by atoms with Gasteiger partial charge in [0.1, 0.15) is 17.9 Å². The van der Waals surface area contributed by atoms with Crippen molar-refractivity contribution in [1.29, 1.82) is 0 Å². The Balaban J connectivity index is 2.09. The molecule has 0 spiro atoms. The van der Waals surface area contributed by atoms with Crippen molar-refractivity contribution < 1.29 is 19.1 Å². The minimum Gasteiger partial charge on any atom is -0.477 e. The van der Waals surface area contributed by atoms with Crippen molar-refractivity contribution in [2.24, 2.45) is 0 Å². The number of nitrogens with zero attached hydrogens (tertiary/aromatic N) is 1. The molecular formula is C14H11FN2O4. The highest BCUT2D eigenvalue weighted by molar-refractivity contribution is 5.91. The van der Waals surface area contributed by atoms with Crippen molar-refractivity contribution in [3.05, 3.63) is 64.3 Å². The molecule has 7 heteroatoms. The van der Waals surface area contributed by atoms with Crippen molar-refractivity contribution in [3.8, 4) is 0 Å². The van der Waals surface area contributed by atoms with Crippen LogP contribution in [0.15, 0.2) is 47.5 Å². The second-order valence-electron chi connectivity index (χ2n) is 4.26. The largest absolute Gasteiger partial charge is 0.477 e. The van der Waals surface area contributed by atoms with Crippen LogP contribution < -0.4 is 10.7 Å². The number of benzene rings is 1. The summed E-state index contributed by atoms with van der Waals surface area (Å²) >= 11 is 0. The molecule has 2 rings (SSSR count). The summed E-state index contributed by atoms with van der Waals surface area (Å²) in [5, 5.41) is 11.4. The lowest BCUT2D eigenvalue weighted by Gasteiger charge is -2.08. The van der Waals surface area contributed by atoms with Gasteiger partial charge in [0.15, 0.2) is 5.43 Å². The van der Waals surface area contributed by atoms with Gasteiger partial charge < -0.3 is 15.0 Å². The van der Waals surface area contributed by atoms with Crippen LogP contribution in [0.25, 0.3) is 0 Å². The smallest absolute Gasteiger partial charge is 0.341 e. The summed E-state index contributed by atoms with van der Waals surface area (Å²) in [7, 11) is 0. The van der Waals surface area contributed by atoms with Crippen molar-refractivity contribution in [2.45, 2.75) is 6.54 Å². The number of carbonyl (C=O) groups is 2. The Morgan fingerprint density at radius 3 is 2.48 bits per heavy atom. The number of hydrogen-bond donors (Lipinski definition) is 2. The summed E-state index contributed by atoms with van der Waals surface area (Å²) in [5.41, 5.74) is -0.620. The van der Waals surface area contributed by atoms with E-state index in [1.807, 2.05) is 0 Å². The summed E-state index contributed by atoms with van der Waals surface area (Å²) in [6, 6.07) is 6.30. The topological polar surface area (TPSA) is 88.4 Å². The first-order chi connectivity index (χ1) is 9.95. The second-order valence-corrected chi connectivity index (χ2v) is 4.26. The van der Waals surface area contributed by atoms with Gasteiger partial charge in [-0.05, 0) is 24.3 Å². The Kier molecular flexibility index (Phi) is 4.13. The van der Waals surface area contributed by atoms with E-state index in [-0.39, 0.29) is 6.54 Å². The molecule has 0 saturated heterocycles. The van der Waals surface area contributed by atoms with Gasteiger partial charge in [0.2, 0.25) is 5.91 Å². The van der Waals surface area contributed by atoms with Crippen molar-refractivity contribution in [2.75, 3.05) is 5.32 Å². The van der Waals surface area contributed by atoms with Crippen LogP contribution in [-0.2, 0) is 11.3 Å². The molecule has 21 heavy (non-hydrogen) atoms. The van der Waals surface area contributed by atoms with E-state index >= 15 is 0 Å². The molecule has 1 aromatic heterocycles. The molecule has 1 aromatic carbocycles. The number of carboxylic acid groups (broad SMARTS) is 1. The molecule has 0 aliphatic rings. The van der Waals surface area contributed by atoms with Gasteiger partial charge in [-0.2, -0.15) is 0 Å². The van der Waals surface area contributed by atoms with Gasteiger partial charge in [-0.1, -0.05) is 0 Å². The zero-order valence-corrected chi connectivity index (χ0v) is 10.7. The number of aromatic carboxylic acids is 1. The van der Waals surface area contributed by atoms with Crippen LogP contribution in [0.4, 0.5) is 10.1 Å². The van der Waals surface area contributed by atoms with E-state index < -0.39 is 28.7 Å². The molecule has 2 aromatic rings. The Morgan fingerprint density at radius 1 is 1.19 bits per heavy atom. The van der Waals surface area contributed by atoms with Crippen LogP contribution in [0, 0.1) is 5.82 Å². The predicted molar refractivity (Wildman–Crippen MR) is 72.7 cm³/mol. The molecule has 108 valence electrons. The second kappa shape index (κ2) is 6.00. The number of pyridine rings is 1. The van der Waals surface area contributed by atoms with Gasteiger partial charge in [-0.15, -0.1) is 0 Å². The van der Waals surface area contributed by atoms with E-state index in [1.165, 1.54) is 35.0 Å². The molecule has 0 saturated carbocycles. The fourth-order valence-electron chi connectivity index (χ4n) is 1.68. The first kappa shape index (κ1) is 14.4. The number of carboxylic acids is 1. The third-order valence-electron chi connectivity index (χ3n) is 2.66. The lowest BCUT2D eigenvalue weighted by Crippen LogP contribution is -2.22. The van der Waals surface area contributed by atoms with Gasteiger partial charge in [-0.25, -0.2) is 9.18 Å². The lowest BCUT2D eigenvalue weighted by atomic mass is 10.2. The first-order valence-electron chi connectivity index (χ1n) is 5.94. The third kappa shape index (κ3) is 3.75. The number of nitrogens with one attached hydrogen (secondary N) is 1. The molecule has 0 aliphatic heterocycles. The Hall–Kier alpha value is -2.96. The quantitative estimate of drug-likeness (QED) is 0.889. The average Bonchev–Trinajstić information content (AvgIpc) is 2.43. The minimum atomic E-state index is -1.35. The number of aromatic nitrogens is 1. The molecule has 1 amide bonds. The number of anilines is 1. The normalized spacial score (nSPS) is 10.1. The number of carbonyl (C=O) groups excluding carboxylic acids is 1. The van der Waals surface area contributed by atoms with Crippen molar-refractivity contribution in [3.63, 3.8) is 0 Å². The van der Waals surface area contributed by atoms with E-state index in [0.717, 1.165) is 12.3 Å². The molecular weight excluding hydrogens is 279 g/mol. The zero-order valence-electron chi connectivity index (χ0n) is 10.7. The van der Waals surface area contributed by atoms with Gasteiger partial charge in [0.05, 0.1) is 0 Å². The predicted octanol–water partition coefficient (Wildman–Crippen LogP) is 1.32. The van der Waals surface area contributed by atoms with E-state index in [1.54, 1.807) is 0 Å². The maximum Gasteiger partial charge on any atom is 0.341 e. The monoisotopic (exact) mass is 290 g/mol. The fraction of sp³-hybridized carbons (Fsp3) is 0.0714. The standard InChI is InChI=1S/C14H11FN2O4/c15-9-1-3-10(4-2-9)16-13(19)8-17-6-5-12(18)11(7-17)14(20)21/h1-7H,8H2,(H,16,19)(H,20,21). The molecule has 0 fully saturated rings. The molecule has 0 aliphatic carbocycles. The number of rotatable bonds is 4. The summed E-state index contributed by atoms with van der Waals surface area (Å²) in [6.07, 6.45) is 2.41. The summed E-state index contributed by atoms with van der Waals surface area (Å²) in [4.78, 5) is 33.9. The summed E-state index contributed by atoms with van der Waals surface area (Å²) in [5.74, 6) is -2.20. The number of hydrogen-bond acceptors (Lipinski definition) is 3. The maximum absolute atomic E-state index is 12.7. The Labute approximate surface area is 118 Å². The number of amides is 1. The van der Waals surface area contributed by atoms with E-state index in [9.17, 15) is 18.8 Å². The van der Waals surface area contributed by atoms with Crippen molar-refractivity contribution >= 4 is 17.6 Å². The lowest BCUT2D eigenvalue weighted by molar-refractivity contribution is -0.116. The Bertz CT molecular complexity index is 737. The van der Waals surface area contributed by atoms with E-state index in [2.05, 4.69) is 5.32 Å². The Morgan fingerprint density at radius 2 is 1.86 bits per heavy atom. The summed E-state index contributed by atoms with van der Waals surface area (Å²) < 4.78 is 14.0. The van der Waals surface area contributed by atoms with Crippen LogP contribution in [0.5, 0.6) is 0 Å². The molecule has 2 N–H and O–H groups in total. The van der Waals surface area contributed by atoms with Crippen LogP contribution in [0.2, 0.25) is 0 Å². The molecule has 0 atom stereocenters. The van der Waals surface area contributed by atoms with Crippen molar-refractivity contribution in [1.82, 2.24) is 4.57 Å². The van der Waals surface area contributed by atoms with Gasteiger partial charge in [-0.3, -0.25) is 9.59 Å². The number of halogens is 1. The molecule has 0 bridgehead atoms. The van der Waals surface area contributed by atoms with Crippen LogP contribution in [-0.4, -0.2) is 21.6 Å². The molecule has 1 heterocycles. The highest BCUT2D eigenvalue weighted by atomic mass is 19.1. The average molecular weight is 290 g/mol. The van der Waals surface area contributed by atoms with Crippen LogP contribution >= 0.6 is 0 Å². The van der Waals surface area contributed by atoms with Gasteiger partial charge >= 0.3 is 5.97 Å². The van der Waals surface area contributed by atoms with E-state index in [0.29, 0.717) is 5.69 Å². The highest BCUT2D eigenvalue weighted by Gasteiger charge is 2.10. The highest BCUT2D eigenvalue weighted by Crippen LogP contribution is 2.08. The van der Waals surface area contributed by atoms with Gasteiger partial charge in [0, 0.05) is 24.1 Å².